The number of ether oxygens (including phenoxy) is 2. The number of carbonyl (C=O) groups excluding carboxylic acids is 2. The molecule has 2 bridgehead atoms. The van der Waals surface area contributed by atoms with Gasteiger partial charge in [-0.15, -0.1) is 0 Å². The fraction of sp³-hybridized carbons (Fsp3) is 0.822. The second-order valence-electron chi connectivity index (χ2n) is 18.1. The van der Waals surface area contributed by atoms with Crippen LogP contribution in [-0.2, 0) is 19.1 Å². The van der Waals surface area contributed by atoms with Crippen molar-refractivity contribution >= 4 is 11.9 Å². The fourth-order valence-electron chi connectivity index (χ4n) is 8.72. The van der Waals surface area contributed by atoms with Crippen LogP contribution in [0.25, 0.3) is 0 Å². The van der Waals surface area contributed by atoms with Crippen molar-refractivity contribution in [1.29, 1.82) is 0 Å². The van der Waals surface area contributed by atoms with E-state index in [4.69, 9.17) is 9.47 Å². The minimum absolute atomic E-state index is 0.00686. The Kier molecular flexibility index (Phi) is 19.4. The topological polar surface area (TPSA) is 197 Å². The van der Waals surface area contributed by atoms with Gasteiger partial charge < -0.3 is 50.1 Å². The van der Waals surface area contributed by atoms with Crippen molar-refractivity contribution in [3.8, 4) is 0 Å². The lowest BCUT2D eigenvalue weighted by Crippen LogP contribution is -2.54. The molecule has 57 heavy (non-hydrogen) atoms. The minimum atomic E-state index is -1.84. The first kappa shape index (κ1) is 49.2. The molecule has 3 rings (SSSR count). The average Bonchev–Trinajstić information content (AvgIpc) is 3.14. The van der Waals surface area contributed by atoms with Crippen LogP contribution in [-0.4, -0.2) is 120 Å². The Labute approximate surface area is 342 Å². The molecule has 2 fully saturated rings. The maximum Gasteiger partial charge on any atom is 0.329 e. The van der Waals surface area contributed by atoms with Crippen molar-refractivity contribution in [3.05, 3.63) is 34.9 Å². The van der Waals surface area contributed by atoms with Gasteiger partial charge >= 0.3 is 5.97 Å². The molecule has 0 saturated carbocycles. The van der Waals surface area contributed by atoms with Gasteiger partial charge in [0, 0.05) is 37.1 Å². The standard InChI is InChI=1S/C45H77NO11/c1-10-34-15-17-41(29(5)21-27(3)33(9)47)56-44(54)37-13-11-12-18-46(37)42(52)25-45(55)31(7)14-16-36(57-45)24-40(51)32(8)39(50)23-35(48)22-38(49)28(4)19-26(2)20-30(6)43(34)53/h15,19,21,26-27,30-33,35-41,43,47-51,53,55H,10-14,16-18,20,22-25H2,1-9H3/b28-19+,29-21+,34-15+. The second-order valence-corrected chi connectivity index (χ2v) is 18.1. The van der Waals surface area contributed by atoms with Gasteiger partial charge in [0.2, 0.25) is 5.91 Å². The number of amides is 1. The van der Waals surface area contributed by atoms with Gasteiger partial charge in [0.15, 0.2) is 5.79 Å². The summed E-state index contributed by atoms with van der Waals surface area (Å²) in [6, 6.07) is -0.868. The molecule has 12 heteroatoms. The number of fused-ring (bicyclic) bond motifs is 3. The molecule has 3 aliphatic rings. The highest BCUT2D eigenvalue weighted by Gasteiger charge is 2.46. The summed E-state index contributed by atoms with van der Waals surface area (Å²) >= 11 is 0. The van der Waals surface area contributed by atoms with Crippen molar-refractivity contribution in [2.45, 2.75) is 200 Å². The molecule has 0 aromatic rings. The predicted octanol–water partition coefficient (Wildman–Crippen LogP) is 5.10. The zero-order valence-electron chi connectivity index (χ0n) is 36.2. The van der Waals surface area contributed by atoms with Crippen LogP contribution in [0.1, 0.15) is 139 Å². The number of aliphatic hydroxyl groups excluding tert-OH is 6. The van der Waals surface area contributed by atoms with Crippen molar-refractivity contribution in [2.24, 2.45) is 29.6 Å². The van der Waals surface area contributed by atoms with Crippen LogP contribution in [0.4, 0.5) is 0 Å². The minimum Gasteiger partial charge on any atom is -0.456 e. The summed E-state index contributed by atoms with van der Waals surface area (Å²) in [6.07, 6.45) is 2.97. The number of allylic oxidation sites excluding steroid dienone is 1. The molecule has 2 saturated heterocycles. The van der Waals surface area contributed by atoms with E-state index in [2.05, 4.69) is 0 Å². The molecule has 12 nitrogen and oxygen atoms in total. The fourth-order valence-corrected chi connectivity index (χ4v) is 8.72. The molecule has 1 amide bonds. The molecule has 0 radical (unpaired) electrons. The third kappa shape index (κ3) is 14.2. The number of piperidine rings is 1. The molecule has 7 N–H and O–H groups in total. The summed E-state index contributed by atoms with van der Waals surface area (Å²) in [5, 5.41) is 77.6. The van der Waals surface area contributed by atoms with E-state index in [9.17, 15) is 45.3 Å². The maximum atomic E-state index is 14.1. The monoisotopic (exact) mass is 808 g/mol. The number of nitrogens with zero attached hydrogens (tertiary/aromatic N) is 1. The van der Waals surface area contributed by atoms with Crippen molar-refractivity contribution in [2.75, 3.05) is 6.54 Å². The van der Waals surface area contributed by atoms with E-state index < -0.39 is 84.4 Å². The highest BCUT2D eigenvalue weighted by atomic mass is 16.6. The molecular formula is C45H77NO11. The van der Waals surface area contributed by atoms with Gasteiger partial charge in [-0.05, 0) is 107 Å². The van der Waals surface area contributed by atoms with Crippen LogP contribution >= 0.6 is 0 Å². The number of esters is 1. The quantitative estimate of drug-likeness (QED) is 0.148. The number of aliphatic hydroxyl groups is 7. The maximum absolute atomic E-state index is 14.1. The lowest BCUT2D eigenvalue weighted by Gasteiger charge is -2.44. The van der Waals surface area contributed by atoms with Crippen molar-refractivity contribution in [3.63, 3.8) is 0 Å². The number of hydrogen-bond donors (Lipinski definition) is 7. The summed E-state index contributed by atoms with van der Waals surface area (Å²) in [5.74, 6) is -4.26. The van der Waals surface area contributed by atoms with Crippen LogP contribution in [0.3, 0.4) is 0 Å². The number of carbonyl (C=O) groups is 2. The third-order valence-electron chi connectivity index (χ3n) is 13.1. The van der Waals surface area contributed by atoms with E-state index in [-0.39, 0.29) is 49.9 Å². The van der Waals surface area contributed by atoms with E-state index in [1.54, 1.807) is 20.8 Å². The lowest BCUT2D eigenvalue weighted by molar-refractivity contribution is -0.285. The summed E-state index contributed by atoms with van der Waals surface area (Å²) in [6.45, 7) is 17.0. The van der Waals surface area contributed by atoms with Gasteiger partial charge in [0.05, 0.1) is 49.1 Å². The Morgan fingerprint density at radius 1 is 0.965 bits per heavy atom. The molecule has 0 aromatic heterocycles. The van der Waals surface area contributed by atoms with Gasteiger partial charge in [-0.3, -0.25) is 4.79 Å². The van der Waals surface area contributed by atoms with Gasteiger partial charge in [-0.2, -0.15) is 0 Å². The first-order valence-corrected chi connectivity index (χ1v) is 21.7. The van der Waals surface area contributed by atoms with E-state index >= 15 is 0 Å². The van der Waals surface area contributed by atoms with E-state index in [0.717, 1.165) is 17.6 Å². The van der Waals surface area contributed by atoms with Crippen LogP contribution in [0.5, 0.6) is 0 Å². The first-order chi connectivity index (χ1) is 26.7. The number of rotatable bonds is 4. The zero-order chi connectivity index (χ0) is 42.8. The van der Waals surface area contributed by atoms with Crippen LogP contribution in [0, 0.1) is 29.6 Å². The van der Waals surface area contributed by atoms with E-state index in [1.807, 2.05) is 59.8 Å². The Morgan fingerprint density at radius 3 is 2.28 bits per heavy atom. The van der Waals surface area contributed by atoms with Gasteiger partial charge in [-0.25, -0.2) is 4.79 Å². The second kappa shape index (κ2) is 22.4. The predicted molar refractivity (Wildman–Crippen MR) is 219 cm³/mol. The first-order valence-electron chi connectivity index (χ1n) is 21.7. The van der Waals surface area contributed by atoms with E-state index in [0.29, 0.717) is 50.6 Å². The third-order valence-corrected chi connectivity index (χ3v) is 13.1. The molecule has 0 aliphatic carbocycles. The molecule has 0 spiro atoms. The highest BCUT2D eigenvalue weighted by molar-refractivity contribution is 5.85. The highest BCUT2D eigenvalue weighted by Crippen LogP contribution is 2.38. The van der Waals surface area contributed by atoms with Gasteiger partial charge in [0.25, 0.3) is 0 Å². The van der Waals surface area contributed by atoms with Gasteiger partial charge in [-0.1, -0.05) is 59.8 Å². The van der Waals surface area contributed by atoms with E-state index in [1.165, 1.54) is 4.90 Å². The van der Waals surface area contributed by atoms with Crippen LogP contribution in [0.15, 0.2) is 34.9 Å². The SMILES string of the molecule is CC/C1=C\CC(/C(C)=C/C(C)C(C)O)OC(=O)C2CCCCN2C(=O)CC2(O)OC(CCC2C)CC(O)C(C)C(O)CC(O)CC(O)/C(C)=C/C(C)CC(C)C1O. The van der Waals surface area contributed by atoms with Crippen molar-refractivity contribution in [1.82, 2.24) is 4.90 Å². The Bertz CT molecular complexity index is 1380. The van der Waals surface area contributed by atoms with Gasteiger partial charge in [0.1, 0.15) is 12.1 Å². The molecule has 15 atom stereocenters. The Balaban J connectivity index is 2.00. The smallest absolute Gasteiger partial charge is 0.329 e. The lowest BCUT2D eigenvalue weighted by atomic mass is 9.84. The normalized spacial score (nSPS) is 41.3. The summed E-state index contributed by atoms with van der Waals surface area (Å²) in [7, 11) is 0. The molecule has 328 valence electrons. The summed E-state index contributed by atoms with van der Waals surface area (Å²) in [4.78, 5) is 29.6. The Morgan fingerprint density at radius 2 is 1.63 bits per heavy atom. The summed E-state index contributed by atoms with van der Waals surface area (Å²) < 4.78 is 12.4. The largest absolute Gasteiger partial charge is 0.456 e. The number of hydrogen-bond acceptors (Lipinski definition) is 11. The average molecular weight is 808 g/mol. The molecule has 3 aliphatic heterocycles. The van der Waals surface area contributed by atoms with Crippen LogP contribution in [0.2, 0.25) is 0 Å². The molecule has 15 unspecified atom stereocenters. The number of cyclic esters (lactones) is 1. The molecule has 0 aromatic carbocycles. The van der Waals surface area contributed by atoms with Crippen LogP contribution < -0.4 is 0 Å². The van der Waals surface area contributed by atoms with Crippen molar-refractivity contribution < 1.29 is 54.8 Å². The Hall–Kier alpha value is -2.16. The summed E-state index contributed by atoms with van der Waals surface area (Å²) in [5.41, 5.74) is 2.23. The molecular weight excluding hydrogens is 730 g/mol. The molecule has 3 heterocycles. The zero-order valence-corrected chi connectivity index (χ0v) is 36.2.